The minimum atomic E-state index is 0.143. The van der Waals surface area contributed by atoms with Gasteiger partial charge in [0.1, 0.15) is 28.8 Å². The Morgan fingerprint density at radius 2 is 2.00 bits per heavy atom. The summed E-state index contributed by atoms with van der Waals surface area (Å²) in [6.45, 7) is 8.70. The summed E-state index contributed by atoms with van der Waals surface area (Å²) >= 11 is 1.74. The van der Waals surface area contributed by atoms with Gasteiger partial charge in [-0.25, -0.2) is 9.97 Å². The Hall–Kier alpha value is -2.14. The van der Waals surface area contributed by atoms with E-state index in [-0.39, 0.29) is 12.1 Å². The topological polar surface area (TPSA) is 38.2 Å². The lowest BCUT2D eigenvalue weighted by Crippen LogP contribution is -2.45. The zero-order chi connectivity index (χ0) is 16.8. The summed E-state index contributed by atoms with van der Waals surface area (Å²) in [5, 5.41) is 1.17. The highest BCUT2D eigenvalue weighted by atomic mass is 32.1. The number of benzene rings is 1. The normalized spacial score (nSPS) is 20.1. The molecule has 0 N–H and O–H groups in total. The van der Waals surface area contributed by atoms with Crippen LogP contribution in [0, 0.1) is 13.8 Å². The molecule has 3 aromatic rings. The fourth-order valence-electron chi connectivity index (χ4n) is 3.48. The molecular weight excluding hydrogens is 318 g/mol. The van der Waals surface area contributed by atoms with Crippen LogP contribution in [0.5, 0.6) is 5.75 Å². The van der Waals surface area contributed by atoms with Crippen molar-refractivity contribution in [3.05, 3.63) is 41.0 Å². The highest BCUT2D eigenvalue weighted by Crippen LogP contribution is 2.44. The molecule has 124 valence electrons. The molecule has 5 heteroatoms. The Labute approximate surface area is 146 Å². The van der Waals surface area contributed by atoms with E-state index in [1.807, 2.05) is 12.1 Å². The van der Waals surface area contributed by atoms with E-state index in [1.54, 1.807) is 17.7 Å². The average molecular weight is 339 g/mol. The van der Waals surface area contributed by atoms with Crippen molar-refractivity contribution in [1.29, 1.82) is 0 Å². The van der Waals surface area contributed by atoms with Gasteiger partial charge in [-0.1, -0.05) is 19.1 Å². The SMILES string of the molecule is CCC1Oc2ccccc2N(c2ncnc3sc(C)c(C)c23)C1C. The van der Waals surface area contributed by atoms with Gasteiger partial charge in [0.05, 0.1) is 17.1 Å². The summed E-state index contributed by atoms with van der Waals surface area (Å²) in [7, 11) is 0. The number of rotatable bonds is 2. The first-order valence-electron chi connectivity index (χ1n) is 8.37. The number of aryl methyl sites for hydroxylation is 2. The number of fused-ring (bicyclic) bond motifs is 2. The van der Waals surface area contributed by atoms with Crippen LogP contribution in [0.4, 0.5) is 11.5 Å². The lowest BCUT2D eigenvalue weighted by atomic mass is 10.0. The van der Waals surface area contributed by atoms with Crippen molar-refractivity contribution in [3.8, 4) is 5.75 Å². The number of anilines is 2. The maximum Gasteiger partial charge on any atom is 0.145 e. The maximum absolute atomic E-state index is 6.21. The molecule has 0 fully saturated rings. The van der Waals surface area contributed by atoms with Gasteiger partial charge in [-0.2, -0.15) is 0 Å². The Bertz CT molecular complexity index is 905. The van der Waals surface area contributed by atoms with E-state index in [0.29, 0.717) is 0 Å². The first kappa shape index (κ1) is 15.4. The number of nitrogens with zero attached hydrogens (tertiary/aromatic N) is 3. The van der Waals surface area contributed by atoms with Crippen molar-refractivity contribution in [1.82, 2.24) is 9.97 Å². The van der Waals surface area contributed by atoms with E-state index in [2.05, 4.69) is 54.7 Å². The van der Waals surface area contributed by atoms with E-state index < -0.39 is 0 Å². The van der Waals surface area contributed by atoms with Crippen LogP contribution in [-0.2, 0) is 0 Å². The molecule has 0 saturated heterocycles. The Morgan fingerprint density at radius 3 is 2.79 bits per heavy atom. The van der Waals surface area contributed by atoms with Gasteiger partial charge in [0.25, 0.3) is 0 Å². The molecule has 4 rings (SSSR count). The Kier molecular flexibility index (Phi) is 3.68. The summed E-state index contributed by atoms with van der Waals surface area (Å²) < 4.78 is 6.21. The van der Waals surface area contributed by atoms with Gasteiger partial charge < -0.3 is 9.64 Å². The fraction of sp³-hybridized carbons (Fsp3) is 0.368. The minimum Gasteiger partial charge on any atom is -0.486 e. The summed E-state index contributed by atoms with van der Waals surface area (Å²) in [5.74, 6) is 1.92. The van der Waals surface area contributed by atoms with Crippen LogP contribution >= 0.6 is 11.3 Å². The van der Waals surface area contributed by atoms with E-state index in [9.17, 15) is 0 Å². The van der Waals surface area contributed by atoms with Gasteiger partial charge in [-0.15, -0.1) is 11.3 Å². The first-order valence-corrected chi connectivity index (χ1v) is 9.19. The Morgan fingerprint density at radius 1 is 1.21 bits per heavy atom. The molecule has 0 saturated carbocycles. The number of thiophene rings is 1. The smallest absolute Gasteiger partial charge is 0.145 e. The van der Waals surface area contributed by atoms with Crippen molar-refractivity contribution in [2.24, 2.45) is 0 Å². The summed E-state index contributed by atoms with van der Waals surface area (Å²) in [6, 6.07) is 8.44. The molecule has 4 nitrogen and oxygen atoms in total. The number of hydrogen-bond donors (Lipinski definition) is 0. The van der Waals surface area contributed by atoms with Gasteiger partial charge in [0, 0.05) is 4.88 Å². The standard InChI is InChI=1S/C19H21N3OS/c1-5-15-12(3)22(14-8-6-7-9-16(14)23-15)18-17-11(2)13(4)24-19(17)21-10-20-18/h6-10,12,15H,5H2,1-4H3. The van der Waals surface area contributed by atoms with Crippen molar-refractivity contribution < 1.29 is 4.74 Å². The van der Waals surface area contributed by atoms with Gasteiger partial charge in [0.15, 0.2) is 0 Å². The molecule has 2 aromatic heterocycles. The van der Waals surface area contributed by atoms with E-state index in [0.717, 1.165) is 28.5 Å². The molecular formula is C19H21N3OS. The van der Waals surface area contributed by atoms with Crippen LogP contribution < -0.4 is 9.64 Å². The minimum absolute atomic E-state index is 0.143. The monoisotopic (exact) mass is 339 g/mol. The third-order valence-electron chi connectivity index (χ3n) is 4.92. The third-order valence-corrected chi connectivity index (χ3v) is 6.04. The first-order chi connectivity index (χ1) is 11.6. The molecule has 24 heavy (non-hydrogen) atoms. The lowest BCUT2D eigenvalue weighted by Gasteiger charge is -2.41. The number of para-hydroxylation sites is 2. The van der Waals surface area contributed by atoms with E-state index >= 15 is 0 Å². The second-order valence-corrected chi connectivity index (χ2v) is 7.51. The maximum atomic E-state index is 6.21. The number of ether oxygens (including phenoxy) is 1. The van der Waals surface area contributed by atoms with E-state index in [1.165, 1.54) is 15.8 Å². The summed E-state index contributed by atoms with van der Waals surface area (Å²) in [4.78, 5) is 13.9. The molecule has 3 heterocycles. The van der Waals surface area contributed by atoms with Crippen molar-refractivity contribution in [2.45, 2.75) is 46.3 Å². The van der Waals surface area contributed by atoms with Crippen LogP contribution in [0.3, 0.4) is 0 Å². The molecule has 1 aliphatic heterocycles. The van der Waals surface area contributed by atoms with Crippen molar-refractivity contribution >= 4 is 33.1 Å². The molecule has 0 aliphatic carbocycles. The highest BCUT2D eigenvalue weighted by molar-refractivity contribution is 7.18. The molecule has 2 atom stereocenters. The average Bonchev–Trinajstić information content (AvgIpc) is 2.89. The third kappa shape index (κ3) is 2.18. The molecule has 0 bridgehead atoms. The van der Waals surface area contributed by atoms with Crippen LogP contribution in [0.25, 0.3) is 10.2 Å². The molecule has 0 amide bonds. The van der Waals surface area contributed by atoms with Gasteiger partial charge in [-0.3, -0.25) is 0 Å². The van der Waals surface area contributed by atoms with Crippen LogP contribution in [0.15, 0.2) is 30.6 Å². The van der Waals surface area contributed by atoms with Gasteiger partial charge in [0.2, 0.25) is 0 Å². The van der Waals surface area contributed by atoms with Gasteiger partial charge >= 0.3 is 0 Å². The van der Waals surface area contributed by atoms with Crippen LogP contribution in [0.1, 0.15) is 30.7 Å². The summed E-state index contributed by atoms with van der Waals surface area (Å²) in [5.41, 5.74) is 2.35. The summed E-state index contributed by atoms with van der Waals surface area (Å²) in [6.07, 6.45) is 2.78. The van der Waals surface area contributed by atoms with Crippen LogP contribution in [0.2, 0.25) is 0 Å². The fourth-order valence-corrected chi connectivity index (χ4v) is 4.47. The molecule has 1 aliphatic rings. The highest BCUT2D eigenvalue weighted by Gasteiger charge is 2.34. The molecule has 1 aromatic carbocycles. The Balaban J connectivity index is 1.98. The number of aromatic nitrogens is 2. The predicted molar refractivity (Wildman–Crippen MR) is 99.6 cm³/mol. The molecule has 0 radical (unpaired) electrons. The van der Waals surface area contributed by atoms with Crippen molar-refractivity contribution in [3.63, 3.8) is 0 Å². The van der Waals surface area contributed by atoms with Gasteiger partial charge in [-0.05, 0) is 44.9 Å². The lowest BCUT2D eigenvalue weighted by molar-refractivity contribution is 0.159. The number of hydrogen-bond acceptors (Lipinski definition) is 5. The van der Waals surface area contributed by atoms with Crippen molar-refractivity contribution in [2.75, 3.05) is 4.90 Å². The second kappa shape index (κ2) is 5.74. The van der Waals surface area contributed by atoms with E-state index in [4.69, 9.17) is 4.74 Å². The van der Waals surface area contributed by atoms with Crippen LogP contribution in [-0.4, -0.2) is 22.1 Å². The molecule has 0 spiro atoms. The predicted octanol–water partition coefficient (Wildman–Crippen LogP) is 5.01. The zero-order valence-electron chi connectivity index (χ0n) is 14.4. The second-order valence-electron chi connectivity index (χ2n) is 6.30. The largest absolute Gasteiger partial charge is 0.486 e. The molecule has 2 unspecified atom stereocenters. The zero-order valence-corrected chi connectivity index (χ0v) is 15.2. The quantitative estimate of drug-likeness (QED) is 0.658.